The molecule has 0 saturated carbocycles. The van der Waals surface area contributed by atoms with Crippen LogP contribution in [0.15, 0.2) is 59.7 Å². The van der Waals surface area contributed by atoms with Crippen molar-refractivity contribution in [2.75, 3.05) is 5.75 Å². The zero-order valence-electron chi connectivity index (χ0n) is 13.5. The summed E-state index contributed by atoms with van der Waals surface area (Å²) in [4.78, 5) is 35.8. The molecule has 0 spiro atoms. The zero-order chi connectivity index (χ0) is 18.5. The number of hydrogen-bond acceptors (Lipinski definition) is 6. The lowest BCUT2D eigenvalue weighted by atomic mass is 10.2. The molecule has 0 aliphatic carbocycles. The van der Waals surface area contributed by atoms with Crippen molar-refractivity contribution in [3.63, 3.8) is 0 Å². The number of nitrogens with zero attached hydrogens (tertiary/aromatic N) is 3. The van der Waals surface area contributed by atoms with Crippen LogP contribution in [0.3, 0.4) is 0 Å². The van der Waals surface area contributed by atoms with Crippen LogP contribution in [-0.2, 0) is 11.3 Å². The normalized spacial score (nSPS) is 15.3. The van der Waals surface area contributed by atoms with E-state index in [1.165, 1.54) is 40.9 Å². The van der Waals surface area contributed by atoms with Crippen molar-refractivity contribution < 1.29 is 14.5 Å². The molecule has 0 unspecified atom stereocenters. The summed E-state index contributed by atoms with van der Waals surface area (Å²) in [5.74, 6) is -0.326. The van der Waals surface area contributed by atoms with Gasteiger partial charge in [-0.3, -0.25) is 24.6 Å². The predicted octanol–water partition coefficient (Wildman–Crippen LogP) is 2.37. The van der Waals surface area contributed by atoms with Crippen molar-refractivity contribution in [3.8, 4) is 0 Å². The highest BCUT2D eigenvalue weighted by atomic mass is 32.2. The molecule has 1 N–H and O–H groups in total. The average Bonchev–Trinajstić information content (AvgIpc) is 3.00. The molecule has 1 heterocycles. The molecular weight excluding hydrogens is 356 g/mol. The van der Waals surface area contributed by atoms with Crippen molar-refractivity contribution >= 4 is 34.4 Å². The molecule has 2 amide bonds. The maximum atomic E-state index is 12.1. The minimum Gasteiger partial charge on any atom is -0.285 e. The van der Waals surface area contributed by atoms with Crippen LogP contribution in [0.2, 0.25) is 0 Å². The van der Waals surface area contributed by atoms with Gasteiger partial charge < -0.3 is 0 Å². The third kappa shape index (κ3) is 4.06. The van der Waals surface area contributed by atoms with Gasteiger partial charge in [-0.25, -0.2) is 5.43 Å². The van der Waals surface area contributed by atoms with E-state index < -0.39 is 10.8 Å². The fourth-order valence-corrected chi connectivity index (χ4v) is 3.14. The number of thioether (sulfide) groups is 1. The van der Waals surface area contributed by atoms with Crippen LogP contribution in [0.4, 0.5) is 5.69 Å². The van der Waals surface area contributed by atoms with Gasteiger partial charge in [0.25, 0.3) is 11.6 Å². The Kier molecular flexibility index (Phi) is 5.28. The molecule has 0 bridgehead atoms. The first-order valence-corrected chi connectivity index (χ1v) is 8.63. The summed E-state index contributed by atoms with van der Waals surface area (Å²) < 4.78 is 0. The van der Waals surface area contributed by atoms with Gasteiger partial charge in [0.05, 0.1) is 17.2 Å². The molecule has 26 heavy (non-hydrogen) atoms. The Balaban J connectivity index is 1.68. The molecule has 8 nitrogen and oxygen atoms in total. The summed E-state index contributed by atoms with van der Waals surface area (Å²) in [6.07, 6.45) is 0. The second-order valence-corrected chi connectivity index (χ2v) is 6.34. The lowest BCUT2D eigenvalue weighted by molar-refractivity contribution is -0.384. The highest BCUT2D eigenvalue weighted by molar-refractivity contribution is 8.15. The number of hydrazone groups is 1. The Morgan fingerprint density at radius 3 is 2.54 bits per heavy atom. The van der Waals surface area contributed by atoms with Gasteiger partial charge in [0.15, 0.2) is 5.17 Å². The molecule has 0 aromatic heterocycles. The Morgan fingerprint density at radius 2 is 1.88 bits per heavy atom. The van der Waals surface area contributed by atoms with Gasteiger partial charge >= 0.3 is 0 Å². The Bertz CT molecular complexity index is 868. The topological polar surface area (TPSA) is 105 Å². The molecule has 2 aromatic rings. The van der Waals surface area contributed by atoms with Gasteiger partial charge in [0.1, 0.15) is 0 Å². The molecule has 1 aliphatic rings. The van der Waals surface area contributed by atoms with E-state index in [-0.39, 0.29) is 22.9 Å². The van der Waals surface area contributed by atoms with E-state index in [4.69, 9.17) is 0 Å². The van der Waals surface area contributed by atoms with Gasteiger partial charge in [-0.15, -0.1) is 5.10 Å². The second kappa shape index (κ2) is 7.79. The summed E-state index contributed by atoms with van der Waals surface area (Å²) in [7, 11) is 0. The number of rotatable bonds is 5. The zero-order valence-corrected chi connectivity index (χ0v) is 14.3. The highest BCUT2D eigenvalue weighted by Gasteiger charge is 2.28. The van der Waals surface area contributed by atoms with Crippen LogP contribution in [0, 0.1) is 10.1 Å². The fraction of sp³-hybridized carbons (Fsp3) is 0.118. The van der Waals surface area contributed by atoms with Crippen molar-refractivity contribution in [2.24, 2.45) is 5.10 Å². The third-order valence-electron chi connectivity index (χ3n) is 3.63. The number of carbonyl (C=O) groups is 2. The van der Waals surface area contributed by atoms with Crippen LogP contribution in [0.1, 0.15) is 15.9 Å². The lowest BCUT2D eigenvalue weighted by Crippen LogP contribution is -2.31. The van der Waals surface area contributed by atoms with Crippen LogP contribution in [0.25, 0.3) is 0 Å². The second-order valence-electron chi connectivity index (χ2n) is 5.39. The van der Waals surface area contributed by atoms with E-state index in [1.807, 2.05) is 30.3 Å². The smallest absolute Gasteiger partial charge is 0.271 e. The van der Waals surface area contributed by atoms with Gasteiger partial charge in [0.2, 0.25) is 5.91 Å². The minimum absolute atomic E-state index is 0.0813. The van der Waals surface area contributed by atoms with Gasteiger partial charge in [-0.1, -0.05) is 42.1 Å². The maximum Gasteiger partial charge on any atom is 0.271 e. The van der Waals surface area contributed by atoms with Gasteiger partial charge in [0, 0.05) is 17.7 Å². The van der Waals surface area contributed by atoms with Gasteiger partial charge in [-0.2, -0.15) is 0 Å². The molecule has 1 saturated heterocycles. The molecule has 1 aliphatic heterocycles. The van der Waals surface area contributed by atoms with Crippen molar-refractivity contribution in [3.05, 3.63) is 75.8 Å². The molecular formula is C17H14N4O4S. The summed E-state index contributed by atoms with van der Waals surface area (Å²) in [6.45, 7) is 0.374. The van der Waals surface area contributed by atoms with Crippen molar-refractivity contribution in [1.29, 1.82) is 0 Å². The van der Waals surface area contributed by atoms with E-state index in [0.29, 0.717) is 11.7 Å². The summed E-state index contributed by atoms with van der Waals surface area (Å²) in [5, 5.41) is 15.1. The third-order valence-corrected chi connectivity index (χ3v) is 4.59. The van der Waals surface area contributed by atoms with E-state index in [0.717, 1.165) is 5.56 Å². The molecule has 0 atom stereocenters. The number of non-ortho nitro benzene ring substituents is 1. The molecule has 0 radical (unpaired) electrons. The number of benzene rings is 2. The fourth-order valence-electron chi connectivity index (χ4n) is 2.30. The summed E-state index contributed by atoms with van der Waals surface area (Å²) >= 11 is 1.24. The van der Waals surface area contributed by atoms with Gasteiger partial charge in [-0.05, 0) is 17.7 Å². The first kappa shape index (κ1) is 17.6. The Morgan fingerprint density at radius 1 is 1.19 bits per heavy atom. The monoisotopic (exact) mass is 370 g/mol. The quantitative estimate of drug-likeness (QED) is 0.643. The lowest BCUT2D eigenvalue weighted by Gasteiger charge is -2.15. The minimum atomic E-state index is -0.538. The van der Waals surface area contributed by atoms with E-state index in [9.17, 15) is 19.7 Å². The summed E-state index contributed by atoms with van der Waals surface area (Å²) in [6, 6.07) is 14.7. The number of carbonyl (C=O) groups excluding carboxylic acids is 2. The van der Waals surface area contributed by atoms with Crippen LogP contribution in [-0.4, -0.2) is 32.6 Å². The number of hydrogen-bond donors (Lipinski definition) is 1. The molecule has 9 heteroatoms. The van der Waals surface area contributed by atoms with Crippen LogP contribution < -0.4 is 5.43 Å². The van der Waals surface area contributed by atoms with E-state index >= 15 is 0 Å². The van der Waals surface area contributed by atoms with E-state index in [1.54, 1.807) is 0 Å². The van der Waals surface area contributed by atoms with Crippen molar-refractivity contribution in [1.82, 2.24) is 10.3 Å². The first-order valence-electron chi connectivity index (χ1n) is 7.64. The Labute approximate surface area is 153 Å². The largest absolute Gasteiger partial charge is 0.285 e. The standard InChI is InChI=1S/C17H14N4O4S/c22-15-11-26-17(20(15)10-12-4-2-1-3-5-12)19-18-16(23)13-6-8-14(9-7-13)21(24)25/h1-9H,10-11H2,(H,18,23). The first-order chi connectivity index (χ1) is 12.5. The maximum absolute atomic E-state index is 12.1. The number of nitrogens with one attached hydrogen (secondary N) is 1. The van der Waals surface area contributed by atoms with Crippen LogP contribution >= 0.6 is 11.8 Å². The number of nitro groups is 1. The number of nitro benzene ring substituents is 1. The SMILES string of the molecule is O=C(NN=C1SCC(=O)N1Cc1ccccc1)c1ccc([N+](=O)[O-])cc1. The van der Waals surface area contributed by atoms with E-state index in [2.05, 4.69) is 10.5 Å². The Hall–Kier alpha value is -3.20. The number of amidine groups is 1. The molecule has 1 fully saturated rings. The molecule has 132 valence electrons. The molecule has 2 aromatic carbocycles. The molecule has 3 rings (SSSR count). The predicted molar refractivity (Wildman–Crippen MR) is 97.4 cm³/mol. The summed E-state index contributed by atoms with van der Waals surface area (Å²) in [5.41, 5.74) is 3.49. The van der Waals surface area contributed by atoms with Crippen molar-refractivity contribution in [2.45, 2.75) is 6.54 Å². The highest BCUT2D eigenvalue weighted by Crippen LogP contribution is 2.21. The van der Waals surface area contributed by atoms with Crippen LogP contribution in [0.5, 0.6) is 0 Å². The average molecular weight is 370 g/mol. The number of amides is 2.